The van der Waals surface area contributed by atoms with Crippen molar-refractivity contribution < 1.29 is 9.90 Å². The standard InChI is InChI=1S/C20H22ClNO2/c1-14-5-2-3-7-18(14)19(15-8-10-17(21)11-9-15)22-12-4-6-16(13-22)20(23)24/h2-3,5,7-11,16,19H,4,6,12-13H2,1H3,(H,23,24). The maximum absolute atomic E-state index is 11.5. The average molecular weight is 344 g/mol. The van der Waals surface area contributed by atoms with Crippen LogP contribution in [0.1, 0.15) is 35.6 Å². The van der Waals surface area contributed by atoms with Crippen LogP contribution in [-0.2, 0) is 4.79 Å². The van der Waals surface area contributed by atoms with E-state index in [1.54, 1.807) is 0 Å². The van der Waals surface area contributed by atoms with Crippen molar-refractivity contribution in [1.29, 1.82) is 0 Å². The van der Waals surface area contributed by atoms with Crippen molar-refractivity contribution >= 4 is 17.6 Å². The second-order valence-corrected chi connectivity index (χ2v) is 6.92. The van der Waals surface area contributed by atoms with Crippen LogP contribution in [0, 0.1) is 12.8 Å². The molecule has 4 heteroatoms. The zero-order valence-corrected chi connectivity index (χ0v) is 14.5. The fourth-order valence-corrected chi connectivity index (χ4v) is 3.69. The van der Waals surface area contributed by atoms with E-state index >= 15 is 0 Å². The van der Waals surface area contributed by atoms with Crippen molar-refractivity contribution in [3.05, 3.63) is 70.2 Å². The minimum atomic E-state index is -0.695. The molecule has 2 aromatic carbocycles. The Bertz CT molecular complexity index is 714. The normalized spacial score (nSPS) is 19.8. The minimum absolute atomic E-state index is 0.0608. The van der Waals surface area contributed by atoms with E-state index in [1.165, 1.54) is 11.1 Å². The second kappa shape index (κ2) is 7.37. The number of aryl methyl sites for hydroxylation is 1. The van der Waals surface area contributed by atoms with Gasteiger partial charge in [0.15, 0.2) is 0 Å². The molecule has 1 saturated heterocycles. The highest BCUT2D eigenvalue weighted by Crippen LogP contribution is 2.34. The molecule has 24 heavy (non-hydrogen) atoms. The van der Waals surface area contributed by atoms with E-state index in [-0.39, 0.29) is 12.0 Å². The van der Waals surface area contributed by atoms with Gasteiger partial charge in [0.2, 0.25) is 0 Å². The van der Waals surface area contributed by atoms with E-state index in [0.29, 0.717) is 11.6 Å². The number of likely N-dealkylation sites (tertiary alicyclic amines) is 1. The smallest absolute Gasteiger partial charge is 0.307 e. The molecule has 1 fully saturated rings. The molecule has 0 spiro atoms. The molecule has 1 N–H and O–H groups in total. The minimum Gasteiger partial charge on any atom is -0.481 e. The van der Waals surface area contributed by atoms with Gasteiger partial charge in [0.25, 0.3) is 0 Å². The lowest BCUT2D eigenvalue weighted by Crippen LogP contribution is -2.41. The number of piperidine rings is 1. The highest BCUT2D eigenvalue weighted by molar-refractivity contribution is 6.30. The summed E-state index contributed by atoms with van der Waals surface area (Å²) in [4.78, 5) is 13.8. The number of benzene rings is 2. The number of carboxylic acids is 1. The number of nitrogens with zero attached hydrogens (tertiary/aromatic N) is 1. The molecule has 2 atom stereocenters. The van der Waals surface area contributed by atoms with Crippen LogP contribution in [0.5, 0.6) is 0 Å². The van der Waals surface area contributed by atoms with Gasteiger partial charge in [-0.05, 0) is 55.1 Å². The van der Waals surface area contributed by atoms with Crippen LogP contribution in [0.25, 0.3) is 0 Å². The number of aliphatic carboxylic acids is 1. The molecule has 1 heterocycles. The van der Waals surface area contributed by atoms with Crippen molar-refractivity contribution in [2.75, 3.05) is 13.1 Å². The van der Waals surface area contributed by atoms with Gasteiger partial charge >= 0.3 is 5.97 Å². The summed E-state index contributed by atoms with van der Waals surface area (Å²) in [6, 6.07) is 16.3. The van der Waals surface area contributed by atoms with Crippen molar-refractivity contribution in [3.8, 4) is 0 Å². The van der Waals surface area contributed by atoms with Crippen LogP contribution in [0.3, 0.4) is 0 Å². The molecule has 0 aliphatic carbocycles. The first-order chi connectivity index (χ1) is 11.6. The van der Waals surface area contributed by atoms with Gasteiger partial charge in [-0.1, -0.05) is 48.0 Å². The van der Waals surface area contributed by atoms with E-state index in [0.717, 1.165) is 24.9 Å². The summed E-state index contributed by atoms with van der Waals surface area (Å²) in [5, 5.41) is 10.1. The molecule has 126 valence electrons. The number of halogens is 1. The first-order valence-electron chi connectivity index (χ1n) is 8.34. The highest BCUT2D eigenvalue weighted by atomic mass is 35.5. The third kappa shape index (κ3) is 3.63. The van der Waals surface area contributed by atoms with Gasteiger partial charge in [-0.25, -0.2) is 0 Å². The fraction of sp³-hybridized carbons (Fsp3) is 0.350. The third-order valence-electron chi connectivity index (χ3n) is 4.84. The van der Waals surface area contributed by atoms with Gasteiger partial charge < -0.3 is 5.11 Å². The summed E-state index contributed by atoms with van der Waals surface area (Å²) in [5.74, 6) is -0.989. The van der Waals surface area contributed by atoms with Crippen molar-refractivity contribution in [3.63, 3.8) is 0 Å². The van der Waals surface area contributed by atoms with Gasteiger partial charge in [0.05, 0.1) is 12.0 Å². The molecule has 0 aromatic heterocycles. The van der Waals surface area contributed by atoms with Gasteiger partial charge in [-0.15, -0.1) is 0 Å². The summed E-state index contributed by atoms with van der Waals surface area (Å²) >= 11 is 6.05. The first-order valence-corrected chi connectivity index (χ1v) is 8.72. The van der Waals surface area contributed by atoms with Gasteiger partial charge in [0, 0.05) is 11.6 Å². The number of hydrogen-bond acceptors (Lipinski definition) is 2. The number of carbonyl (C=O) groups is 1. The molecule has 2 unspecified atom stereocenters. The Morgan fingerprint density at radius 1 is 1.21 bits per heavy atom. The lowest BCUT2D eigenvalue weighted by molar-refractivity contribution is -0.143. The summed E-state index contributed by atoms with van der Waals surface area (Å²) in [5.41, 5.74) is 3.60. The molecule has 2 aromatic rings. The summed E-state index contributed by atoms with van der Waals surface area (Å²) in [6.45, 7) is 3.60. The number of rotatable bonds is 4. The van der Waals surface area contributed by atoms with Crippen LogP contribution < -0.4 is 0 Å². The lowest BCUT2D eigenvalue weighted by Gasteiger charge is -2.38. The summed E-state index contributed by atoms with van der Waals surface area (Å²) in [7, 11) is 0. The Morgan fingerprint density at radius 3 is 2.58 bits per heavy atom. The lowest BCUT2D eigenvalue weighted by atomic mass is 9.89. The SMILES string of the molecule is Cc1ccccc1C(c1ccc(Cl)cc1)N1CCCC(C(=O)O)C1. The monoisotopic (exact) mass is 343 g/mol. The van der Waals surface area contributed by atoms with Crippen LogP contribution in [0.4, 0.5) is 0 Å². The Hall–Kier alpha value is -1.84. The van der Waals surface area contributed by atoms with Gasteiger partial charge in [-0.3, -0.25) is 9.69 Å². The maximum atomic E-state index is 11.5. The molecule has 1 aliphatic rings. The van der Waals surface area contributed by atoms with E-state index < -0.39 is 5.97 Å². The van der Waals surface area contributed by atoms with Gasteiger partial charge in [-0.2, -0.15) is 0 Å². The maximum Gasteiger partial charge on any atom is 0.307 e. The summed E-state index contributed by atoms with van der Waals surface area (Å²) in [6.07, 6.45) is 1.67. The topological polar surface area (TPSA) is 40.5 Å². The number of carboxylic acid groups (broad SMARTS) is 1. The van der Waals surface area contributed by atoms with E-state index in [1.807, 2.05) is 36.4 Å². The highest BCUT2D eigenvalue weighted by Gasteiger charge is 2.31. The van der Waals surface area contributed by atoms with Crippen molar-refractivity contribution in [2.45, 2.75) is 25.8 Å². The quantitative estimate of drug-likeness (QED) is 0.886. The largest absolute Gasteiger partial charge is 0.481 e. The van der Waals surface area contributed by atoms with E-state index in [9.17, 15) is 9.90 Å². The third-order valence-corrected chi connectivity index (χ3v) is 5.09. The Labute approximate surface area is 147 Å². The Morgan fingerprint density at radius 2 is 1.92 bits per heavy atom. The zero-order chi connectivity index (χ0) is 17.1. The fourth-order valence-electron chi connectivity index (χ4n) is 3.57. The van der Waals surface area contributed by atoms with E-state index in [4.69, 9.17) is 11.6 Å². The predicted molar refractivity (Wildman–Crippen MR) is 96.4 cm³/mol. The molecular weight excluding hydrogens is 322 g/mol. The molecule has 3 nitrogen and oxygen atoms in total. The predicted octanol–water partition coefficient (Wildman–Crippen LogP) is 4.53. The van der Waals surface area contributed by atoms with Crippen LogP contribution in [0.15, 0.2) is 48.5 Å². The van der Waals surface area contributed by atoms with Gasteiger partial charge in [0.1, 0.15) is 0 Å². The molecule has 0 radical (unpaired) electrons. The first kappa shape index (κ1) is 17.0. The Kier molecular flexibility index (Phi) is 5.22. The summed E-state index contributed by atoms with van der Waals surface area (Å²) < 4.78 is 0. The number of hydrogen-bond donors (Lipinski definition) is 1. The van der Waals surface area contributed by atoms with E-state index in [2.05, 4.69) is 24.0 Å². The van der Waals surface area contributed by atoms with Crippen LogP contribution in [0.2, 0.25) is 5.02 Å². The van der Waals surface area contributed by atoms with Crippen molar-refractivity contribution in [1.82, 2.24) is 4.90 Å². The van der Waals surface area contributed by atoms with Crippen molar-refractivity contribution in [2.24, 2.45) is 5.92 Å². The average Bonchev–Trinajstić information content (AvgIpc) is 2.59. The molecule has 0 amide bonds. The molecule has 3 rings (SSSR count). The molecule has 0 bridgehead atoms. The second-order valence-electron chi connectivity index (χ2n) is 6.48. The Balaban J connectivity index is 2.00. The van der Waals surface area contributed by atoms with Crippen LogP contribution in [-0.4, -0.2) is 29.1 Å². The molecule has 1 aliphatic heterocycles. The molecular formula is C20H22ClNO2. The van der Waals surface area contributed by atoms with Crippen LogP contribution >= 0.6 is 11.6 Å². The molecule has 0 saturated carbocycles. The zero-order valence-electron chi connectivity index (χ0n) is 13.8.